The van der Waals surface area contributed by atoms with Gasteiger partial charge >= 0.3 is 0 Å². The smallest absolute Gasteiger partial charge is 0.228 e. The summed E-state index contributed by atoms with van der Waals surface area (Å²) in [4.78, 5) is 13.7. The topological polar surface area (TPSA) is 29.1 Å². The SMILES string of the molecule is CC[C@@H]1C2c3ccccc3C(c3ccccc32)[C@@H]1C(=O)Nc1cccc(C)c1C. The zero-order valence-corrected chi connectivity index (χ0v) is 17.3. The van der Waals surface area contributed by atoms with Gasteiger partial charge in [-0.15, -0.1) is 0 Å². The van der Waals surface area contributed by atoms with Crippen molar-refractivity contribution in [3.63, 3.8) is 0 Å². The van der Waals surface area contributed by atoms with Gasteiger partial charge in [0.1, 0.15) is 0 Å². The van der Waals surface area contributed by atoms with Gasteiger partial charge < -0.3 is 5.32 Å². The zero-order chi connectivity index (χ0) is 20.1. The van der Waals surface area contributed by atoms with E-state index < -0.39 is 0 Å². The zero-order valence-electron chi connectivity index (χ0n) is 17.3. The first-order valence-corrected chi connectivity index (χ1v) is 10.7. The average Bonchev–Trinajstić information content (AvgIpc) is 2.76. The molecule has 3 aliphatic carbocycles. The van der Waals surface area contributed by atoms with Gasteiger partial charge in [-0.2, -0.15) is 0 Å². The molecule has 2 bridgehead atoms. The normalized spacial score (nSPS) is 24.0. The molecule has 0 saturated heterocycles. The molecular formula is C27H27NO. The Balaban J connectivity index is 1.62. The maximum Gasteiger partial charge on any atom is 0.228 e. The average molecular weight is 382 g/mol. The lowest BCUT2D eigenvalue weighted by Gasteiger charge is -2.50. The lowest BCUT2D eigenvalue weighted by molar-refractivity contribution is -0.122. The fraction of sp³-hybridized carbons (Fsp3) is 0.296. The Morgan fingerprint density at radius 2 is 1.34 bits per heavy atom. The van der Waals surface area contributed by atoms with Gasteiger partial charge in [0, 0.05) is 17.5 Å². The standard InChI is InChI=1S/C27H27NO/c1-4-18-24-19-11-5-7-13-21(19)25(22-14-8-6-12-20(22)24)26(18)27(29)28-23-15-9-10-16(2)17(23)3/h5-15,18,24-26H,4H2,1-3H3,(H,28,29)/t18-,24?,25?,26-/m1/s1. The number of fused-ring (bicyclic) bond motifs is 1. The Bertz CT molecular complexity index is 1050. The van der Waals surface area contributed by atoms with Crippen molar-refractivity contribution < 1.29 is 4.79 Å². The quantitative estimate of drug-likeness (QED) is 0.577. The van der Waals surface area contributed by atoms with Gasteiger partial charge in [-0.25, -0.2) is 0 Å². The van der Waals surface area contributed by atoms with Crippen LogP contribution >= 0.6 is 0 Å². The summed E-state index contributed by atoms with van der Waals surface area (Å²) in [7, 11) is 0. The van der Waals surface area contributed by atoms with Crippen molar-refractivity contribution >= 4 is 11.6 Å². The van der Waals surface area contributed by atoms with Crippen LogP contribution < -0.4 is 5.32 Å². The minimum atomic E-state index is -0.0466. The summed E-state index contributed by atoms with van der Waals surface area (Å²) in [5.74, 6) is 0.850. The molecule has 0 aliphatic heterocycles. The lowest BCUT2D eigenvalue weighted by atomic mass is 9.53. The van der Waals surface area contributed by atoms with Crippen molar-refractivity contribution in [2.45, 2.75) is 39.0 Å². The Hall–Kier alpha value is -2.87. The first kappa shape index (κ1) is 18.2. The van der Waals surface area contributed by atoms with Gasteiger partial charge in [-0.05, 0) is 59.2 Å². The van der Waals surface area contributed by atoms with Crippen molar-refractivity contribution in [3.8, 4) is 0 Å². The van der Waals surface area contributed by atoms with E-state index in [9.17, 15) is 4.79 Å². The highest BCUT2D eigenvalue weighted by Gasteiger charge is 2.51. The monoisotopic (exact) mass is 381 g/mol. The van der Waals surface area contributed by atoms with Crippen molar-refractivity contribution in [2.75, 3.05) is 5.32 Å². The molecule has 3 aromatic carbocycles. The number of nitrogens with one attached hydrogen (secondary N) is 1. The van der Waals surface area contributed by atoms with Crippen molar-refractivity contribution in [1.29, 1.82) is 0 Å². The number of carbonyl (C=O) groups is 1. The maximum atomic E-state index is 13.7. The number of benzene rings is 3. The number of amides is 1. The Morgan fingerprint density at radius 3 is 1.90 bits per heavy atom. The summed E-state index contributed by atoms with van der Waals surface area (Å²) in [6.45, 7) is 6.41. The highest BCUT2D eigenvalue weighted by atomic mass is 16.1. The molecule has 0 radical (unpaired) electrons. The molecule has 2 heteroatoms. The van der Waals surface area contributed by atoms with Crippen LogP contribution in [0.1, 0.15) is 58.6 Å². The summed E-state index contributed by atoms with van der Waals surface area (Å²) < 4.78 is 0. The summed E-state index contributed by atoms with van der Waals surface area (Å²) in [5, 5.41) is 3.29. The highest BCUT2D eigenvalue weighted by Crippen LogP contribution is 2.59. The molecule has 29 heavy (non-hydrogen) atoms. The minimum Gasteiger partial charge on any atom is -0.326 e. The van der Waals surface area contributed by atoms with Crippen molar-refractivity contribution in [1.82, 2.24) is 0 Å². The molecule has 3 aromatic rings. The molecule has 6 rings (SSSR count). The van der Waals surface area contributed by atoms with Crippen LogP contribution in [-0.2, 0) is 4.79 Å². The highest BCUT2D eigenvalue weighted by molar-refractivity contribution is 5.95. The third-order valence-electron chi connectivity index (χ3n) is 7.22. The van der Waals surface area contributed by atoms with Crippen LogP contribution in [-0.4, -0.2) is 5.91 Å². The van der Waals surface area contributed by atoms with Gasteiger partial charge in [0.2, 0.25) is 5.91 Å². The first-order chi connectivity index (χ1) is 14.1. The Morgan fingerprint density at radius 1 is 0.793 bits per heavy atom. The van der Waals surface area contributed by atoms with Gasteiger partial charge in [0.25, 0.3) is 0 Å². The van der Waals surface area contributed by atoms with E-state index in [-0.39, 0.29) is 17.7 Å². The number of hydrogen-bond acceptors (Lipinski definition) is 1. The molecule has 0 spiro atoms. The third-order valence-corrected chi connectivity index (χ3v) is 7.22. The summed E-state index contributed by atoms with van der Waals surface area (Å²) >= 11 is 0. The van der Waals surface area contributed by atoms with Crippen LogP contribution in [0, 0.1) is 25.7 Å². The number of hydrogen-bond donors (Lipinski definition) is 1. The van der Waals surface area contributed by atoms with E-state index in [2.05, 4.69) is 80.7 Å². The van der Waals surface area contributed by atoms with Gasteiger partial charge in [-0.1, -0.05) is 74.0 Å². The molecule has 1 N–H and O–H groups in total. The van der Waals surface area contributed by atoms with Gasteiger partial charge in [0.05, 0.1) is 5.92 Å². The summed E-state index contributed by atoms with van der Waals surface area (Å²) in [5.41, 5.74) is 8.79. The molecule has 2 nitrogen and oxygen atoms in total. The second-order valence-electron chi connectivity index (χ2n) is 8.55. The van der Waals surface area contributed by atoms with Crippen molar-refractivity contribution in [3.05, 3.63) is 100 Å². The van der Waals surface area contributed by atoms with E-state index in [4.69, 9.17) is 0 Å². The summed E-state index contributed by atoms with van der Waals surface area (Å²) in [6.07, 6.45) is 0.995. The number of carbonyl (C=O) groups excluding carboxylic acids is 1. The van der Waals surface area contributed by atoms with E-state index in [1.165, 1.54) is 27.8 Å². The second kappa shape index (κ2) is 6.88. The minimum absolute atomic E-state index is 0.0466. The van der Waals surface area contributed by atoms with Crippen LogP contribution in [0.4, 0.5) is 5.69 Å². The molecule has 0 unspecified atom stereocenters. The van der Waals surface area contributed by atoms with E-state index in [1.54, 1.807) is 0 Å². The van der Waals surface area contributed by atoms with E-state index in [1.807, 2.05) is 12.1 Å². The van der Waals surface area contributed by atoms with Gasteiger partial charge in [-0.3, -0.25) is 4.79 Å². The van der Waals surface area contributed by atoms with E-state index in [0.717, 1.165) is 17.7 Å². The van der Waals surface area contributed by atoms with Crippen LogP contribution in [0.15, 0.2) is 66.7 Å². The first-order valence-electron chi connectivity index (χ1n) is 10.7. The lowest BCUT2D eigenvalue weighted by Crippen LogP contribution is -2.45. The second-order valence-corrected chi connectivity index (χ2v) is 8.55. The Kier molecular flexibility index (Phi) is 4.31. The molecule has 0 heterocycles. The Labute approximate surface area is 173 Å². The predicted molar refractivity (Wildman–Crippen MR) is 118 cm³/mol. The number of rotatable bonds is 3. The van der Waals surface area contributed by atoms with Gasteiger partial charge in [0.15, 0.2) is 0 Å². The van der Waals surface area contributed by atoms with Crippen LogP contribution in [0.3, 0.4) is 0 Å². The van der Waals surface area contributed by atoms with Crippen molar-refractivity contribution in [2.24, 2.45) is 11.8 Å². The van der Waals surface area contributed by atoms with Crippen LogP contribution in [0.2, 0.25) is 0 Å². The van der Waals surface area contributed by atoms with Crippen LogP contribution in [0.5, 0.6) is 0 Å². The largest absolute Gasteiger partial charge is 0.326 e. The molecule has 2 atom stereocenters. The number of aryl methyl sites for hydroxylation is 1. The summed E-state index contributed by atoms with van der Waals surface area (Å²) in [6, 6.07) is 23.6. The molecule has 146 valence electrons. The molecular weight excluding hydrogens is 354 g/mol. The van der Waals surface area contributed by atoms with E-state index >= 15 is 0 Å². The fourth-order valence-electron chi connectivity index (χ4n) is 5.73. The molecule has 1 amide bonds. The van der Waals surface area contributed by atoms with Crippen LogP contribution in [0.25, 0.3) is 0 Å². The predicted octanol–water partition coefficient (Wildman–Crippen LogP) is 6.18. The number of anilines is 1. The maximum absolute atomic E-state index is 13.7. The fourth-order valence-corrected chi connectivity index (χ4v) is 5.73. The molecule has 0 saturated carbocycles. The molecule has 0 fully saturated rings. The third kappa shape index (κ3) is 2.66. The molecule has 3 aliphatic rings. The molecule has 0 aromatic heterocycles. The van der Waals surface area contributed by atoms with E-state index in [0.29, 0.717) is 11.8 Å².